The summed E-state index contributed by atoms with van der Waals surface area (Å²) in [5, 5.41) is 4.36. The summed E-state index contributed by atoms with van der Waals surface area (Å²) < 4.78 is 0. The fourth-order valence-corrected chi connectivity index (χ4v) is 1.15. The molecule has 0 spiro atoms. The van der Waals surface area contributed by atoms with E-state index in [1.54, 1.807) is 0 Å². The van der Waals surface area contributed by atoms with Crippen LogP contribution in [0.25, 0.3) is 0 Å². The number of rotatable bonds is 3. The Hall–Kier alpha value is -1.31. The minimum Gasteiger partial charge on any atom is -0.278 e. The molecule has 0 unspecified atom stereocenters. The molecule has 0 aliphatic heterocycles. The van der Waals surface area contributed by atoms with Crippen LogP contribution in [0, 0.1) is 19.8 Å². The maximum atomic E-state index is 4.36. The summed E-state index contributed by atoms with van der Waals surface area (Å²) in [5.74, 6) is 0.489. The van der Waals surface area contributed by atoms with Gasteiger partial charge in [-0.3, -0.25) is 5.43 Å². The van der Waals surface area contributed by atoms with Crippen LogP contribution in [0.15, 0.2) is 23.3 Å². The smallest absolute Gasteiger partial charge is 0.0593 e. The molecule has 1 rings (SSSR count). The van der Waals surface area contributed by atoms with E-state index in [4.69, 9.17) is 0 Å². The van der Waals surface area contributed by atoms with Gasteiger partial charge in [0.15, 0.2) is 0 Å². The molecule has 1 aromatic rings. The minimum absolute atomic E-state index is 0.489. The number of hydrogen-bond acceptors (Lipinski definition) is 2. The number of hydrazone groups is 1. The van der Waals surface area contributed by atoms with Crippen LogP contribution in [0.4, 0.5) is 5.69 Å². The van der Waals surface area contributed by atoms with Crippen molar-refractivity contribution in [3.05, 3.63) is 29.3 Å². The summed E-state index contributed by atoms with van der Waals surface area (Å²) in [4.78, 5) is 0. The Balaban J connectivity index is 2.82. The highest BCUT2D eigenvalue weighted by Crippen LogP contribution is 2.17. The van der Waals surface area contributed by atoms with Crippen molar-refractivity contribution in [1.82, 2.24) is 0 Å². The number of hydrogen-bond donors (Lipinski definition) is 1. The molecule has 0 saturated carbocycles. The third kappa shape index (κ3) is 3.08. The predicted octanol–water partition coefficient (Wildman–Crippen LogP) is 3.75. The Morgan fingerprint density at radius 3 is 2.53 bits per heavy atom. The van der Waals surface area contributed by atoms with Crippen LogP contribution in [-0.2, 0) is 0 Å². The summed E-state index contributed by atoms with van der Waals surface area (Å²) in [6, 6.07) is 6.21. The largest absolute Gasteiger partial charge is 0.278 e. The van der Waals surface area contributed by atoms with E-state index in [0.29, 0.717) is 5.92 Å². The Kier molecular flexibility index (Phi) is 3.89. The van der Waals surface area contributed by atoms with Crippen molar-refractivity contribution >= 4 is 11.4 Å². The van der Waals surface area contributed by atoms with Crippen LogP contribution in [0.5, 0.6) is 0 Å². The molecule has 1 N–H and O–H groups in total. The zero-order valence-electron chi connectivity index (χ0n) is 10.3. The lowest BCUT2D eigenvalue weighted by atomic mass is 10.1. The average molecular weight is 204 g/mol. The second-order valence-electron chi connectivity index (χ2n) is 4.27. The zero-order chi connectivity index (χ0) is 11.4. The fourth-order valence-electron chi connectivity index (χ4n) is 1.15. The second-order valence-corrected chi connectivity index (χ2v) is 4.27. The Morgan fingerprint density at radius 1 is 1.27 bits per heavy atom. The van der Waals surface area contributed by atoms with Crippen molar-refractivity contribution in [1.29, 1.82) is 0 Å². The number of anilines is 1. The van der Waals surface area contributed by atoms with Crippen molar-refractivity contribution in [2.75, 3.05) is 5.43 Å². The molecule has 0 bridgehead atoms. The number of nitrogens with one attached hydrogen (secondary N) is 1. The number of benzene rings is 1. The first-order valence-corrected chi connectivity index (χ1v) is 5.38. The van der Waals surface area contributed by atoms with Gasteiger partial charge in [-0.05, 0) is 43.9 Å². The first kappa shape index (κ1) is 11.8. The van der Waals surface area contributed by atoms with Gasteiger partial charge in [-0.1, -0.05) is 26.0 Å². The van der Waals surface area contributed by atoms with E-state index in [0.717, 1.165) is 11.4 Å². The highest BCUT2D eigenvalue weighted by atomic mass is 15.3. The Bertz CT molecular complexity index is 365. The Morgan fingerprint density at radius 2 is 1.93 bits per heavy atom. The standard InChI is InChI=1S/C13H20N2/c1-9(2)12(5)14-15-13-8-6-7-10(3)11(13)4/h6-9,15H,1-5H3/b14-12+. The molecule has 0 aliphatic carbocycles. The molecule has 0 aliphatic rings. The molecule has 15 heavy (non-hydrogen) atoms. The second kappa shape index (κ2) is 4.96. The van der Waals surface area contributed by atoms with E-state index in [9.17, 15) is 0 Å². The molecular weight excluding hydrogens is 184 g/mol. The molecule has 0 radical (unpaired) electrons. The predicted molar refractivity (Wildman–Crippen MR) is 67.5 cm³/mol. The topological polar surface area (TPSA) is 24.4 Å². The summed E-state index contributed by atoms with van der Waals surface area (Å²) in [5.41, 5.74) is 7.89. The van der Waals surface area contributed by atoms with Gasteiger partial charge >= 0.3 is 0 Å². The van der Waals surface area contributed by atoms with Gasteiger partial charge in [0.25, 0.3) is 0 Å². The van der Waals surface area contributed by atoms with E-state index in [1.807, 2.05) is 13.0 Å². The minimum atomic E-state index is 0.489. The number of nitrogens with zero attached hydrogens (tertiary/aromatic N) is 1. The fraction of sp³-hybridized carbons (Fsp3) is 0.462. The van der Waals surface area contributed by atoms with Crippen LogP contribution in [-0.4, -0.2) is 5.71 Å². The summed E-state index contributed by atoms with van der Waals surface area (Å²) in [7, 11) is 0. The molecule has 82 valence electrons. The molecule has 0 aromatic heterocycles. The quantitative estimate of drug-likeness (QED) is 0.588. The van der Waals surface area contributed by atoms with Gasteiger partial charge in [0.2, 0.25) is 0 Å². The molecular formula is C13H20N2. The molecule has 2 heteroatoms. The molecule has 1 aromatic carbocycles. The van der Waals surface area contributed by atoms with Gasteiger partial charge in [-0.25, -0.2) is 0 Å². The molecule has 0 saturated heterocycles. The van der Waals surface area contributed by atoms with Crippen molar-refractivity contribution < 1.29 is 0 Å². The molecule has 0 fully saturated rings. The van der Waals surface area contributed by atoms with E-state index < -0.39 is 0 Å². The lowest BCUT2D eigenvalue weighted by Gasteiger charge is -2.09. The van der Waals surface area contributed by atoms with Crippen molar-refractivity contribution in [2.45, 2.75) is 34.6 Å². The van der Waals surface area contributed by atoms with Gasteiger partial charge in [0.05, 0.1) is 5.69 Å². The molecule has 0 amide bonds. The van der Waals surface area contributed by atoms with Crippen LogP contribution >= 0.6 is 0 Å². The number of aryl methyl sites for hydroxylation is 1. The van der Waals surface area contributed by atoms with Crippen LogP contribution in [0.2, 0.25) is 0 Å². The summed E-state index contributed by atoms with van der Waals surface area (Å²) in [6.45, 7) is 10.5. The van der Waals surface area contributed by atoms with Crippen molar-refractivity contribution in [3.63, 3.8) is 0 Å². The van der Waals surface area contributed by atoms with Crippen molar-refractivity contribution in [2.24, 2.45) is 11.0 Å². The summed E-state index contributed by atoms with van der Waals surface area (Å²) in [6.07, 6.45) is 0. The van der Waals surface area contributed by atoms with Gasteiger partial charge in [0, 0.05) is 5.71 Å². The first-order valence-electron chi connectivity index (χ1n) is 5.38. The SMILES string of the molecule is C/C(=N\Nc1cccc(C)c1C)C(C)C. The van der Waals surface area contributed by atoms with E-state index in [-0.39, 0.29) is 0 Å². The van der Waals surface area contributed by atoms with Gasteiger partial charge < -0.3 is 0 Å². The van der Waals surface area contributed by atoms with Gasteiger partial charge in [0.1, 0.15) is 0 Å². The zero-order valence-corrected chi connectivity index (χ0v) is 10.3. The Labute approximate surface area is 92.4 Å². The monoisotopic (exact) mass is 204 g/mol. The average Bonchev–Trinajstić information content (AvgIpc) is 2.19. The lowest BCUT2D eigenvalue weighted by Crippen LogP contribution is -2.05. The summed E-state index contributed by atoms with van der Waals surface area (Å²) >= 11 is 0. The molecule has 2 nitrogen and oxygen atoms in total. The molecule has 0 heterocycles. The third-order valence-electron chi connectivity index (χ3n) is 2.79. The van der Waals surface area contributed by atoms with Crippen LogP contribution < -0.4 is 5.43 Å². The first-order chi connectivity index (χ1) is 7.02. The highest BCUT2D eigenvalue weighted by molar-refractivity contribution is 5.84. The van der Waals surface area contributed by atoms with Gasteiger partial charge in [-0.2, -0.15) is 5.10 Å². The maximum Gasteiger partial charge on any atom is 0.0593 e. The molecule has 0 atom stereocenters. The van der Waals surface area contributed by atoms with Crippen LogP contribution in [0.3, 0.4) is 0 Å². The van der Waals surface area contributed by atoms with E-state index in [2.05, 4.69) is 50.4 Å². The van der Waals surface area contributed by atoms with Crippen molar-refractivity contribution in [3.8, 4) is 0 Å². The van der Waals surface area contributed by atoms with E-state index >= 15 is 0 Å². The lowest BCUT2D eigenvalue weighted by molar-refractivity contribution is 0.874. The maximum absolute atomic E-state index is 4.36. The van der Waals surface area contributed by atoms with Crippen LogP contribution in [0.1, 0.15) is 31.9 Å². The van der Waals surface area contributed by atoms with E-state index in [1.165, 1.54) is 11.1 Å². The third-order valence-corrected chi connectivity index (χ3v) is 2.79. The highest BCUT2D eigenvalue weighted by Gasteiger charge is 2.00. The normalized spacial score (nSPS) is 12.0. The van der Waals surface area contributed by atoms with Gasteiger partial charge in [-0.15, -0.1) is 0 Å².